The predicted molar refractivity (Wildman–Crippen MR) is 73.7 cm³/mol. The van der Waals surface area contributed by atoms with Crippen LogP contribution in [0.4, 0.5) is 0 Å². The van der Waals surface area contributed by atoms with Gasteiger partial charge in [-0.25, -0.2) is 0 Å². The highest BCUT2D eigenvalue weighted by Gasteiger charge is 2.42. The second-order valence-electron chi connectivity index (χ2n) is 6.87. The van der Waals surface area contributed by atoms with Gasteiger partial charge in [0.15, 0.2) is 0 Å². The number of ether oxygens (including phenoxy) is 2. The zero-order valence-corrected chi connectivity index (χ0v) is 12.2. The summed E-state index contributed by atoms with van der Waals surface area (Å²) in [6, 6.07) is 0. The summed E-state index contributed by atoms with van der Waals surface area (Å²) in [5.74, 6) is -0.0944. The molecule has 1 saturated heterocycles. The monoisotopic (exact) mass is 269 g/mol. The van der Waals surface area contributed by atoms with E-state index in [0.29, 0.717) is 38.0 Å². The van der Waals surface area contributed by atoms with Crippen LogP contribution in [-0.2, 0) is 14.3 Å². The number of nitrogens with two attached hydrogens (primary N) is 1. The first kappa shape index (κ1) is 14.8. The molecule has 1 aliphatic carbocycles. The van der Waals surface area contributed by atoms with Gasteiger partial charge in [-0.05, 0) is 43.9 Å². The van der Waals surface area contributed by atoms with Gasteiger partial charge in [0.2, 0.25) is 0 Å². The molecule has 1 saturated carbocycles. The van der Waals surface area contributed by atoms with Gasteiger partial charge >= 0.3 is 5.97 Å². The highest BCUT2D eigenvalue weighted by Crippen LogP contribution is 2.38. The molecule has 0 unspecified atom stereocenters. The molecule has 0 atom stereocenters. The third-order valence-electron chi connectivity index (χ3n) is 4.83. The number of carbonyl (C=O) groups excluding carboxylic acids is 1. The fraction of sp³-hybridized carbons (Fsp3) is 0.933. The summed E-state index contributed by atoms with van der Waals surface area (Å²) in [6.07, 6.45) is 5.70. The normalized spacial score (nSPS) is 26.9. The first-order valence-electron chi connectivity index (χ1n) is 7.46. The molecular weight excluding hydrogens is 242 g/mol. The molecule has 4 nitrogen and oxygen atoms in total. The fourth-order valence-corrected chi connectivity index (χ4v) is 3.02. The minimum Gasteiger partial charge on any atom is -0.462 e. The van der Waals surface area contributed by atoms with Crippen molar-refractivity contribution in [2.45, 2.75) is 58.5 Å². The van der Waals surface area contributed by atoms with Crippen LogP contribution < -0.4 is 5.73 Å². The van der Waals surface area contributed by atoms with Crippen molar-refractivity contribution in [2.24, 2.45) is 16.6 Å². The summed E-state index contributed by atoms with van der Waals surface area (Å²) < 4.78 is 11.1. The molecule has 2 rings (SSSR count). The van der Waals surface area contributed by atoms with E-state index in [9.17, 15) is 4.79 Å². The van der Waals surface area contributed by atoms with E-state index in [0.717, 1.165) is 25.7 Å². The Hall–Kier alpha value is -0.610. The lowest BCUT2D eigenvalue weighted by Crippen LogP contribution is -2.46. The Morgan fingerprint density at radius 1 is 1.21 bits per heavy atom. The van der Waals surface area contributed by atoms with E-state index in [1.165, 1.54) is 0 Å². The van der Waals surface area contributed by atoms with Gasteiger partial charge in [0.05, 0.1) is 5.41 Å². The first-order valence-corrected chi connectivity index (χ1v) is 7.46. The summed E-state index contributed by atoms with van der Waals surface area (Å²) in [6.45, 7) is 6.16. The number of hydrogen-bond donors (Lipinski definition) is 1. The summed E-state index contributed by atoms with van der Waals surface area (Å²) in [7, 11) is 0. The molecular formula is C15H27NO3. The van der Waals surface area contributed by atoms with E-state index in [4.69, 9.17) is 15.2 Å². The molecule has 0 spiro atoms. The van der Waals surface area contributed by atoms with Gasteiger partial charge in [-0.2, -0.15) is 0 Å². The standard InChI is InChI=1S/C15H27NO3/c1-14(2)5-3-12(4-6-14)19-13(17)15(11-16)7-9-18-10-8-15/h12H,3-11,16H2,1-2H3. The maximum absolute atomic E-state index is 12.4. The van der Waals surface area contributed by atoms with E-state index in [1.54, 1.807) is 0 Å². The zero-order chi connectivity index (χ0) is 13.9. The van der Waals surface area contributed by atoms with Crippen molar-refractivity contribution in [3.8, 4) is 0 Å². The van der Waals surface area contributed by atoms with Crippen LogP contribution in [0, 0.1) is 10.8 Å². The molecule has 0 bridgehead atoms. The molecule has 0 aromatic heterocycles. The van der Waals surface area contributed by atoms with Crippen LogP contribution in [0.3, 0.4) is 0 Å². The second kappa shape index (κ2) is 5.80. The van der Waals surface area contributed by atoms with Crippen molar-refractivity contribution in [2.75, 3.05) is 19.8 Å². The number of hydrogen-bond acceptors (Lipinski definition) is 4. The third-order valence-corrected chi connectivity index (χ3v) is 4.83. The molecule has 1 aliphatic heterocycles. The molecule has 110 valence electrons. The van der Waals surface area contributed by atoms with E-state index >= 15 is 0 Å². The van der Waals surface area contributed by atoms with Crippen LogP contribution in [-0.4, -0.2) is 31.8 Å². The van der Waals surface area contributed by atoms with Crippen molar-refractivity contribution in [1.29, 1.82) is 0 Å². The number of esters is 1. The predicted octanol–water partition coefficient (Wildman–Crippen LogP) is 2.25. The SMILES string of the molecule is CC1(C)CCC(OC(=O)C2(CN)CCOCC2)CC1. The lowest BCUT2D eigenvalue weighted by Gasteiger charge is -2.38. The Balaban J connectivity index is 1.89. The molecule has 0 amide bonds. The quantitative estimate of drug-likeness (QED) is 0.798. The van der Waals surface area contributed by atoms with Gasteiger partial charge in [0, 0.05) is 19.8 Å². The van der Waals surface area contributed by atoms with Gasteiger partial charge in [0.1, 0.15) is 6.10 Å². The van der Waals surface area contributed by atoms with Gasteiger partial charge in [-0.15, -0.1) is 0 Å². The minimum atomic E-state index is -0.495. The van der Waals surface area contributed by atoms with Gasteiger partial charge in [-0.3, -0.25) is 4.79 Å². The molecule has 1 heterocycles. The van der Waals surface area contributed by atoms with Crippen LogP contribution in [0.25, 0.3) is 0 Å². The van der Waals surface area contributed by atoms with Crippen LogP contribution >= 0.6 is 0 Å². The maximum atomic E-state index is 12.4. The summed E-state index contributed by atoms with van der Waals surface area (Å²) in [5.41, 5.74) is 5.73. The van der Waals surface area contributed by atoms with Crippen LogP contribution in [0.15, 0.2) is 0 Å². The maximum Gasteiger partial charge on any atom is 0.313 e. The highest BCUT2D eigenvalue weighted by atomic mass is 16.5. The fourth-order valence-electron chi connectivity index (χ4n) is 3.02. The molecule has 2 aliphatic rings. The molecule has 19 heavy (non-hydrogen) atoms. The Morgan fingerprint density at radius 2 is 1.79 bits per heavy atom. The van der Waals surface area contributed by atoms with Crippen molar-refractivity contribution < 1.29 is 14.3 Å². The molecule has 0 aromatic carbocycles. The molecule has 2 fully saturated rings. The summed E-state index contributed by atoms with van der Waals surface area (Å²) in [5, 5.41) is 0. The average Bonchev–Trinajstić information content (AvgIpc) is 2.42. The van der Waals surface area contributed by atoms with Gasteiger partial charge < -0.3 is 15.2 Å². The summed E-state index contributed by atoms with van der Waals surface area (Å²) >= 11 is 0. The zero-order valence-electron chi connectivity index (χ0n) is 12.2. The first-order chi connectivity index (χ1) is 8.97. The number of rotatable bonds is 3. The van der Waals surface area contributed by atoms with E-state index in [1.807, 2.05) is 0 Å². The van der Waals surface area contributed by atoms with E-state index in [-0.39, 0.29) is 12.1 Å². The second-order valence-corrected chi connectivity index (χ2v) is 6.87. The van der Waals surface area contributed by atoms with Crippen molar-refractivity contribution in [3.63, 3.8) is 0 Å². The van der Waals surface area contributed by atoms with E-state index in [2.05, 4.69) is 13.8 Å². The number of carbonyl (C=O) groups is 1. The Morgan fingerprint density at radius 3 is 2.32 bits per heavy atom. The molecule has 0 aromatic rings. The van der Waals surface area contributed by atoms with Crippen LogP contribution in [0.2, 0.25) is 0 Å². The van der Waals surface area contributed by atoms with Crippen LogP contribution in [0.1, 0.15) is 52.4 Å². The van der Waals surface area contributed by atoms with Gasteiger partial charge in [-0.1, -0.05) is 13.8 Å². The summed E-state index contributed by atoms with van der Waals surface area (Å²) in [4.78, 5) is 12.4. The molecule has 4 heteroatoms. The topological polar surface area (TPSA) is 61.5 Å². The average molecular weight is 269 g/mol. The lowest BCUT2D eigenvalue weighted by atomic mass is 9.76. The van der Waals surface area contributed by atoms with Crippen molar-refractivity contribution >= 4 is 5.97 Å². The van der Waals surface area contributed by atoms with Crippen molar-refractivity contribution in [1.82, 2.24) is 0 Å². The van der Waals surface area contributed by atoms with E-state index < -0.39 is 5.41 Å². The van der Waals surface area contributed by atoms with Gasteiger partial charge in [0.25, 0.3) is 0 Å². The third kappa shape index (κ3) is 3.48. The Bertz CT molecular complexity index is 311. The Kier molecular flexibility index (Phi) is 4.51. The molecule has 2 N–H and O–H groups in total. The minimum absolute atomic E-state index is 0.0896. The Labute approximate surface area is 116 Å². The molecule has 0 radical (unpaired) electrons. The van der Waals surface area contributed by atoms with Crippen LogP contribution in [0.5, 0.6) is 0 Å². The smallest absolute Gasteiger partial charge is 0.313 e. The largest absolute Gasteiger partial charge is 0.462 e. The van der Waals surface area contributed by atoms with Crippen molar-refractivity contribution in [3.05, 3.63) is 0 Å². The highest BCUT2D eigenvalue weighted by molar-refractivity contribution is 5.77. The lowest BCUT2D eigenvalue weighted by molar-refractivity contribution is -0.169.